The molecule has 0 radical (unpaired) electrons. The van der Waals surface area contributed by atoms with Gasteiger partial charge in [-0.1, -0.05) is 31.5 Å². The first-order valence-corrected chi connectivity index (χ1v) is 14.3. The van der Waals surface area contributed by atoms with E-state index in [1.165, 1.54) is 5.56 Å². The van der Waals surface area contributed by atoms with E-state index in [0.29, 0.717) is 23.1 Å². The summed E-state index contributed by atoms with van der Waals surface area (Å²) in [5.74, 6) is 0. The van der Waals surface area contributed by atoms with Gasteiger partial charge in [0.1, 0.15) is 0 Å². The molecule has 1 heterocycles. The van der Waals surface area contributed by atoms with Gasteiger partial charge in [-0.15, -0.1) is 0 Å². The lowest BCUT2D eigenvalue weighted by atomic mass is 10.1. The fourth-order valence-electron chi connectivity index (χ4n) is 4.51. The number of hydrogen-bond acceptors (Lipinski definition) is 4. The van der Waals surface area contributed by atoms with Gasteiger partial charge in [-0.2, -0.15) is 9.41 Å². The van der Waals surface area contributed by atoms with Crippen LogP contribution in [-0.2, 0) is 16.6 Å². The largest absolute Gasteiger partial charge is 0.347 e. The van der Waals surface area contributed by atoms with Crippen LogP contribution in [0.4, 0.5) is 5.69 Å². The summed E-state index contributed by atoms with van der Waals surface area (Å²) in [6.07, 6.45) is 5.20. The van der Waals surface area contributed by atoms with Crippen molar-refractivity contribution in [1.82, 2.24) is 14.3 Å². The van der Waals surface area contributed by atoms with Crippen molar-refractivity contribution in [3.05, 3.63) is 58.8 Å². The minimum atomic E-state index is -3.58. The highest BCUT2D eigenvalue weighted by molar-refractivity contribution is 7.89. The Balaban J connectivity index is 1.87. The zero-order chi connectivity index (χ0) is 26.5. The molecule has 9 heteroatoms. The third kappa shape index (κ3) is 6.14. The maximum Gasteiger partial charge on any atom is 0.243 e. The van der Waals surface area contributed by atoms with Crippen molar-refractivity contribution in [3.63, 3.8) is 0 Å². The quantitative estimate of drug-likeness (QED) is 0.200. The van der Waals surface area contributed by atoms with Crippen LogP contribution in [0.2, 0.25) is 0 Å². The Kier molecular flexibility index (Phi) is 9.27. The molecule has 3 rings (SSSR count). The van der Waals surface area contributed by atoms with Crippen molar-refractivity contribution >= 4 is 50.2 Å². The number of anilines is 1. The molecule has 0 spiro atoms. The summed E-state index contributed by atoms with van der Waals surface area (Å²) in [5.41, 5.74) is 9.06. The van der Waals surface area contributed by atoms with Crippen LogP contribution in [0.25, 0.3) is 10.9 Å². The van der Waals surface area contributed by atoms with Crippen LogP contribution >= 0.6 is 12.2 Å². The Hall–Kier alpha value is -2.75. The minimum Gasteiger partial charge on any atom is -0.347 e. The highest BCUT2D eigenvalue weighted by atomic mass is 32.2. The van der Waals surface area contributed by atoms with Crippen LogP contribution in [0.5, 0.6) is 0 Å². The Morgan fingerprint density at radius 3 is 2.28 bits per heavy atom. The van der Waals surface area contributed by atoms with E-state index in [1.54, 1.807) is 22.7 Å². The molecule has 2 aromatic carbocycles. The Morgan fingerprint density at radius 2 is 1.69 bits per heavy atom. The number of hydrazone groups is 1. The molecule has 0 bridgehead atoms. The van der Waals surface area contributed by atoms with E-state index in [9.17, 15) is 8.42 Å². The van der Waals surface area contributed by atoms with Crippen molar-refractivity contribution < 1.29 is 8.42 Å². The van der Waals surface area contributed by atoms with E-state index in [4.69, 9.17) is 12.2 Å². The maximum absolute atomic E-state index is 13.3. The van der Waals surface area contributed by atoms with E-state index in [0.717, 1.165) is 52.7 Å². The smallest absolute Gasteiger partial charge is 0.243 e. The highest BCUT2D eigenvalue weighted by Crippen LogP contribution is 2.26. The molecule has 0 amide bonds. The fraction of sp³-hybridized carbons (Fsp3) is 0.407. The lowest BCUT2D eigenvalue weighted by Gasteiger charge is -2.21. The topological polar surface area (TPSA) is 78.7 Å². The number of hydrogen-bond donors (Lipinski definition) is 2. The number of aryl methyl sites for hydroxylation is 4. The van der Waals surface area contributed by atoms with Gasteiger partial charge in [0.2, 0.25) is 10.0 Å². The zero-order valence-corrected chi connectivity index (χ0v) is 23.7. The average molecular weight is 528 g/mol. The summed E-state index contributed by atoms with van der Waals surface area (Å²) in [7, 11) is -3.58. The molecule has 1 aromatic heterocycles. The maximum atomic E-state index is 13.3. The first-order chi connectivity index (χ1) is 17.1. The van der Waals surface area contributed by atoms with Crippen molar-refractivity contribution in [1.29, 1.82) is 0 Å². The van der Waals surface area contributed by atoms with Gasteiger partial charge in [0.15, 0.2) is 5.11 Å². The Bertz CT molecular complexity index is 1350. The highest BCUT2D eigenvalue weighted by Gasteiger charge is 2.24. The number of nitrogens with zero attached hydrogens (tertiary/aromatic N) is 3. The summed E-state index contributed by atoms with van der Waals surface area (Å²) >= 11 is 5.45. The molecule has 0 saturated heterocycles. The molecule has 2 N–H and O–H groups in total. The summed E-state index contributed by atoms with van der Waals surface area (Å²) in [4.78, 5) is 0.302. The number of fused-ring (bicyclic) bond motifs is 1. The first-order valence-electron chi connectivity index (χ1n) is 12.4. The normalized spacial score (nSPS) is 12.1. The van der Waals surface area contributed by atoms with E-state index < -0.39 is 10.0 Å². The standard InChI is InChI=1S/C27H37N5O2S2/c1-7-12-32(13-8-2)36(33,34)23-10-11-25-24(16-23)22(18-31(25)9-3)17-28-30-27(35)29-26-20(5)14-19(4)15-21(26)6/h10-11,14-18H,7-9,12-13H2,1-6H3,(H2,29,30,35)/b28-17-. The molecule has 0 atom stereocenters. The van der Waals surface area contributed by atoms with Gasteiger partial charge in [-0.05, 0) is 82.1 Å². The molecule has 36 heavy (non-hydrogen) atoms. The molecule has 194 valence electrons. The zero-order valence-electron chi connectivity index (χ0n) is 22.1. The van der Waals surface area contributed by atoms with Crippen molar-refractivity contribution in [3.8, 4) is 0 Å². The molecular formula is C27H37N5O2S2. The van der Waals surface area contributed by atoms with Crippen LogP contribution in [0.3, 0.4) is 0 Å². The van der Waals surface area contributed by atoms with Gasteiger partial charge in [0.25, 0.3) is 0 Å². The van der Waals surface area contributed by atoms with Crippen LogP contribution in [0, 0.1) is 20.8 Å². The SMILES string of the molecule is CCCN(CCC)S(=O)(=O)c1ccc2c(c1)c(/C=N\NC(=S)Nc1c(C)cc(C)cc1C)cn2CC. The molecule has 7 nitrogen and oxygen atoms in total. The summed E-state index contributed by atoms with van der Waals surface area (Å²) < 4.78 is 30.3. The molecule has 3 aromatic rings. The number of aromatic nitrogens is 1. The Morgan fingerprint density at radius 1 is 1.06 bits per heavy atom. The van der Waals surface area contributed by atoms with Gasteiger partial charge < -0.3 is 9.88 Å². The van der Waals surface area contributed by atoms with Crippen LogP contribution in [-0.4, -0.2) is 41.7 Å². The molecule has 0 unspecified atom stereocenters. The molecule has 0 aliphatic carbocycles. The Labute approximate surface area is 220 Å². The second kappa shape index (κ2) is 12.0. The first kappa shape index (κ1) is 27.8. The van der Waals surface area contributed by atoms with E-state index in [1.807, 2.05) is 40.0 Å². The molecule has 0 aliphatic heterocycles. The predicted molar refractivity (Wildman–Crippen MR) is 155 cm³/mol. The number of nitrogens with one attached hydrogen (secondary N) is 2. The average Bonchev–Trinajstić information content (AvgIpc) is 3.18. The third-order valence-corrected chi connectivity index (χ3v) is 8.18. The second-order valence-electron chi connectivity index (χ2n) is 9.05. The van der Waals surface area contributed by atoms with Gasteiger partial charge in [-0.3, -0.25) is 5.43 Å². The van der Waals surface area contributed by atoms with Crippen molar-refractivity contribution in [2.24, 2.45) is 5.10 Å². The monoisotopic (exact) mass is 527 g/mol. The van der Waals surface area contributed by atoms with Gasteiger partial charge in [0, 0.05) is 48.0 Å². The van der Waals surface area contributed by atoms with Crippen molar-refractivity contribution in [2.75, 3.05) is 18.4 Å². The van der Waals surface area contributed by atoms with Crippen LogP contribution < -0.4 is 10.7 Å². The molecule has 0 aliphatic rings. The lowest BCUT2D eigenvalue weighted by Crippen LogP contribution is -2.32. The number of benzene rings is 2. The summed E-state index contributed by atoms with van der Waals surface area (Å²) in [6.45, 7) is 14.0. The number of thiocarbonyl (C=S) groups is 1. The molecular weight excluding hydrogens is 490 g/mol. The van der Waals surface area contributed by atoms with Gasteiger partial charge >= 0.3 is 0 Å². The summed E-state index contributed by atoms with van der Waals surface area (Å²) in [5, 5.41) is 8.80. The fourth-order valence-corrected chi connectivity index (χ4v) is 6.31. The second-order valence-corrected chi connectivity index (χ2v) is 11.4. The van der Waals surface area contributed by atoms with Gasteiger partial charge in [-0.25, -0.2) is 8.42 Å². The third-order valence-electron chi connectivity index (χ3n) is 6.09. The summed E-state index contributed by atoms with van der Waals surface area (Å²) in [6, 6.07) is 9.55. The number of rotatable bonds is 10. The lowest BCUT2D eigenvalue weighted by molar-refractivity contribution is 0.410. The minimum absolute atomic E-state index is 0.302. The molecule has 0 fully saturated rings. The van der Waals surface area contributed by atoms with Crippen LogP contribution in [0.15, 0.2) is 46.5 Å². The number of sulfonamides is 1. The van der Waals surface area contributed by atoms with Crippen molar-refractivity contribution in [2.45, 2.75) is 65.8 Å². The predicted octanol–water partition coefficient (Wildman–Crippen LogP) is 5.72. The van der Waals surface area contributed by atoms with Crippen LogP contribution in [0.1, 0.15) is 55.9 Å². The van der Waals surface area contributed by atoms with E-state index in [-0.39, 0.29) is 0 Å². The van der Waals surface area contributed by atoms with E-state index >= 15 is 0 Å². The molecule has 0 saturated carbocycles. The van der Waals surface area contributed by atoms with Gasteiger partial charge in [0.05, 0.1) is 11.1 Å². The van der Waals surface area contributed by atoms with E-state index in [2.05, 4.69) is 46.4 Å².